The van der Waals surface area contributed by atoms with Gasteiger partial charge in [0.2, 0.25) is 0 Å². The number of hydrogen-bond donors (Lipinski definition) is 5. The molecule has 0 aliphatic rings. The molecule has 0 heterocycles. The quantitative estimate of drug-likeness (QED) is 0.200. The lowest BCUT2D eigenvalue weighted by molar-refractivity contribution is -0.191. The molecule has 1 unspecified atom stereocenters. The lowest BCUT2D eigenvalue weighted by atomic mass is 11.2. The first-order valence-corrected chi connectivity index (χ1v) is 3.94. The topological polar surface area (TPSA) is 151 Å². The molecule has 0 aliphatic carbocycles. The standard InChI is InChI=1S/C2H7N2O7P/c3-1(5)4-11-12(8,9)10-2(6)7/h2,6-7H,(H,8,9)(H3,3,4,5). The summed E-state index contributed by atoms with van der Waals surface area (Å²) in [7, 11) is -4.71. The van der Waals surface area contributed by atoms with Gasteiger partial charge in [-0.05, 0) is 0 Å². The fourth-order valence-electron chi connectivity index (χ4n) is 0.243. The number of rotatable bonds is 4. The SMILES string of the molecule is NC(=O)NOP(=O)(O)OC(O)O. The number of nitrogens with one attached hydrogen (secondary N) is 1. The van der Waals surface area contributed by atoms with Crippen LogP contribution in [0.5, 0.6) is 0 Å². The van der Waals surface area contributed by atoms with Gasteiger partial charge in [0, 0.05) is 0 Å². The van der Waals surface area contributed by atoms with Crippen LogP contribution in [0.25, 0.3) is 0 Å². The summed E-state index contributed by atoms with van der Waals surface area (Å²) < 4.78 is 17.6. The van der Waals surface area contributed by atoms with Gasteiger partial charge >= 0.3 is 13.9 Å². The van der Waals surface area contributed by atoms with Crippen molar-refractivity contribution in [3.8, 4) is 0 Å². The van der Waals surface area contributed by atoms with Gasteiger partial charge in [-0.3, -0.25) is 0 Å². The van der Waals surface area contributed by atoms with Crippen LogP contribution in [-0.2, 0) is 13.7 Å². The molecule has 12 heavy (non-hydrogen) atoms. The number of phosphoric ester groups is 1. The van der Waals surface area contributed by atoms with E-state index in [1.165, 1.54) is 5.48 Å². The maximum Gasteiger partial charge on any atom is 0.498 e. The van der Waals surface area contributed by atoms with Gasteiger partial charge in [-0.2, -0.15) is 4.62 Å². The third-order valence-electron chi connectivity index (χ3n) is 0.489. The lowest BCUT2D eigenvalue weighted by Gasteiger charge is -2.11. The third kappa shape index (κ3) is 6.04. The average Bonchev–Trinajstić information content (AvgIpc) is 1.81. The Morgan fingerprint density at radius 3 is 2.42 bits per heavy atom. The number of urea groups is 1. The third-order valence-corrected chi connectivity index (χ3v) is 1.27. The van der Waals surface area contributed by atoms with Crippen LogP contribution in [0.15, 0.2) is 0 Å². The number of primary amides is 1. The first-order valence-electron chi connectivity index (χ1n) is 2.45. The summed E-state index contributed by atoms with van der Waals surface area (Å²) in [6.07, 6.45) is 0. The van der Waals surface area contributed by atoms with Gasteiger partial charge in [-0.1, -0.05) is 0 Å². The number of aliphatic hydroxyl groups excluding tert-OH is 1. The molecule has 1 atom stereocenters. The first-order chi connectivity index (χ1) is 5.33. The predicted octanol–water partition coefficient (Wildman–Crippen LogP) is -2.03. The van der Waals surface area contributed by atoms with Crippen LogP contribution in [0.1, 0.15) is 0 Å². The van der Waals surface area contributed by atoms with E-state index in [0.717, 1.165) is 0 Å². The second-order valence-electron chi connectivity index (χ2n) is 1.46. The van der Waals surface area contributed by atoms with Crippen molar-refractivity contribution in [2.24, 2.45) is 5.73 Å². The molecule has 10 heteroatoms. The van der Waals surface area contributed by atoms with E-state index in [4.69, 9.17) is 15.1 Å². The molecule has 0 saturated carbocycles. The van der Waals surface area contributed by atoms with Crippen LogP contribution in [-0.4, -0.2) is 27.6 Å². The predicted molar refractivity (Wildman–Crippen MR) is 32.9 cm³/mol. The zero-order valence-electron chi connectivity index (χ0n) is 5.58. The van der Waals surface area contributed by atoms with E-state index >= 15 is 0 Å². The molecule has 2 amide bonds. The molecule has 72 valence electrons. The second kappa shape index (κ2) is 4.36. The Morgan fingerprint density at radius 2 is 2.08 bits per heavy atom. The largest absolute Gasteiger partial charge is 0.498 e. The average molecular weight is 202 g/mol. The molecule has 9 nitrogen and oxygen atoms in total. The molecule has 0 radical (unpaired) electrons. The highest BCUT2D eigenvalue weighted by Crippen LogP contribution is 2.42. The number of phosphoric acid groups is 1. The normalized spacial score (nSPS) is 15.7. The van der Waals surface area contributed by atoms with Crippen LogP contribution in [0, 0.1) is 0 Å². The molecule has 0 bridgehead atoms. The molecule has 0 aliphatic heterocycles. The molecule has 0 spiro atoms. The Hall–Kier alpha value is -0.700. The smallest absolute Gasteiger partial charge is 0.350 e. The Kier molecular flexibility index (Phi) is 4.10. The summed E-state index contributed by atoms with van der Waals surface area (Å²) >= 11 is 0. The summed E-state index contributed by atoms with van der Waals surface area (Å²) in [5.41, 5.74) is 5.71. The van der Waals surface area contributed by atoms with Gasteiger partial charge in [0.05, 0.1) is 0 Å². The van der Waals surface area contributed by atoms with E-state index in [2.05, 4.69) is 14.9 Å². The van der Waals surface area contributed by atoms with E-state index in [9.17, 15) is 9.36 Å². The van der Waals surface area contributed by atoms with Crippen molar-refractivity contribution < 1.29 is 33.6 Å². The minimum Gasteiger partial charge on any atom is -0.350 e. The number of aliphatic hydroxyl groups is 2. The summed E-state index contributed by atoms with van der Waals surface area (Å²) in [5.74, 6) is 0. The summed E-state index contributed by atoms with van der Waals surface area (Å²) in [6, 6.07) is -1.24. The number of hydrogen-bond acceptors (Lipinski definition) is 6. The maximum atomic E-state index is 10.4. The highest BCUT2D eigenvalue weighted by molar-refractivity contribution is 7.47. The van der Waals surface area contributed by atoms with Crippen LogP contribution in [0.4, 0.5) is 4.79 Å². The van der Waals surface area contributed by atoms with Crippen LogP contribution in [0.2, 0.25) is 0 Å². The molecule has 0 aromatic heterocycles. The molecule has 0 rings (SSSR count). The van der Waals surface area contributed by atoms with Crippen LogP contribution in [0.3, 0.4) is 0 Å². The number of nitrogens with two attached hydrogens (primary N) is 1. The van der Waals surface area contributed by atoms with Crippen LogP contribution >= 0.6 is 7.82 Å². The number of hydroxylamine groups is 1. The Labute approximate surface area is 66.3 Å². The van der Waals surface area contributed by atoms with E-state index in [0.29, 0.717) is 0 Å². The lowest BCUT2D eigenvalue weighted by Crippen LogP contribution is -2.29. The first kappa shape index (κ1) is 11.3. The van der Waals surface area contributed by atoms with Gasteiger partial charge in [-0.15, -0.1) is 0 Å². The molecular formula is C2H7N2O7P. The highest BCUT2D eigenvalue weighted by Gasteiger charge is 2.25. The zero-order valence-corrected chi connectivity index (χ0v) is 6.47. The van der Waals surface area contributed by atoms with Crippen molar-refractivity contribution in [1.82, 2.24) is 5.48 Å². The molecule has 0 aromatic carbocycles. The van der Waals surface area contributed by atoms with Crippen molar-refractivity contribution in [1.29, 1.82) is 0 Å². The second-order valence-corrected chi connectivity index (χ2v) is 2.79. The molecular weight excluding hydrogens is 195 g/mol. The summed E-state index contributed by atoms with van der Waals surface area (Å²) in [4.78, 5) is 18.4. The van der Waals surface area contributed by atoms with Gasteiger partial charge in [0.1, 0.15) is 0 Å². The van der Waals surface area contributed by atoms with E-state index in [-0.39, 0.29) is 0 Å². The number of amides is 2. The molecule has 0 saturated heterocycles. The van der Waals surface area contributed by atoms with Gasteiger partial charge in [0.15, 0.2) is 0 Å². The highest BCUT2D eigenvalue weighted by atomic mass is 31.2. The molecule has 6 N–H and O–H groups in total. The van der Waals surface area contributed by atoms with Crippen molar-refractivity contribution in [2.45, 2.75) is 6.48 Å². The van der Waals surface area contributed by atoms with E-state index in [1.807, 2.05) is 0 Å². The number of carbonyl (C=O) groups is 1. The Morgan fingerprint density at radius 1 is 1.58 bits per heavy atom. The molecule has 0 aromatic rings. The minimum atomic E-state index is -4.71. The Balaban J connectivity index is 3.88. The Bertz CT molecular complexity index is 204. The minimum absolute atomic E-state index is 1.24. The van der Waals surface area contributed by atoms with Gasteiger partial charge in [-0.25, -0.2) is 19.4 Å². The maximum absolute atomic E-state index is 10.4. The van der Waals surface area contributed by atoms with E-state index < -0.39 is 20.3 Å². The van der Waals surface area contributed by atoms with Crippen molar-refractivity contribution in [2.75, 3.05) is 0 Å². The zero-order chi connectivity index (χ0) is 9.78. The molecule has 0 fully saturated rings. The monoisotopic (exact) mass is 202 g/mol. The summed E-state index contributed by atoms with van der Waals surface area (Å²) in [6.45, 7) is -2.49. The van der Waals surface area contributed by atoms with Crippen molar-refractivity contribution in [3.63, 3.8) is 0 Å². The van der Waals surface area contributed by atoms with Crippen molar-refractivity contribution >= 4 is 13.9 Å². The fraction of sp³-hybridized carbons (Fsp3) is 0.500. The van der Waals surface area contributed by atoms with Gasteiger partial charge < -0.3 is 20.8 Å². The fourth-order valence-corrected chi connectivity index (χ4v) is 0.730. The van der Waals surface area contributed by atoms with E-state index in [1.54, 1.807) is 0 Å². The van der Waals surface area contributed by atoms with Crippen LogP contribution < -0.4 is 11.2 Å². The van der Waals surface area contributed by atoms with Gasteiger partial charge in [0.25, 0.3) is 6.48 Å². The van der Waals surface area contributed by atoms with Crippen molar-refractivity contribution in [3.05, 3.63) is 0 Å². The summed E-state index contributed by atoms with van der Waals surface area (Å²) in [5, 5.41) is 16.1. The number of carbonyl (C=O) groups excluding carboxylic acids is 1.